The highest BCUT2D eigenvalue weighted by molar-refractivity contribution is 5.70. The number of phenols is 1. The molecule has 1 fully saturated rings. The fourth-order valence-electron chi connectivity index (χ4n) is 3.48. The van der Waals surface area contributed by atoms with Gasteiger partial charge < -0.3 is 19.3 Å². The van der Waals surface area contributed by atoms with Gasteiger partial charge in [-0.3, -0.25) is 4.90 Å². The van der Waals surface area contributed by atoms with E-state index in [9.17, 15) is 9.90 Å². The van der Waals surface area contributed by atoms with E-state index in [0.717, 1.165) is 41.2 Å². The normalized spacial score (nSPS) is 15.7. The molecule has 7 heteroatoms. The van der Waals surface area contributed by atoms with Gasteiger partial charge in [0.2, 0.25) is 0 Å². The van der Waals surface area contributed by atoms with E-state index in [1.807, 2.05) is 34.6 Å². The van der Waals surface area contributed by atoms with E-state index < -0.39 is 5.60 Å². The molecular weight excluding hydrogens is 358 g/mol. The summed E-state index contributed by atoms with van der Waals surface area (Å²) in [5.74, 6) is 0.958. The predicted molar refractivity (Wildman–Crippen MR) is 106 cm³/mol. The Hall–Kier alpha value is -2.54. The summed E-state index contributed by atoms with van der Waals surface area (Å²) in [4.78, 5) is 16.2. The minimum Gasteiger partial charge on any atom is -0.508 e. The van der Waals surface area contributed by atoms with Crippen LogP contribution in [0.1, 0.15) is 37.8 Å². The van der Waals surface area contributed by atoms with Crippen molar-refractivity contribution in [2.45, 2.75) is 46.8 Å². The van der Waals surface area contributed by atoms with E-state index in [-0.39, 0.29) is 11.8 Å². The molecule has 1 aromatic heterocycles. The number of aromatic nitrogens is 1. The van der Waals surface area contributed by atoms with Crippen LogP contribution < -0.4 is 0 Å². The fourth-order valence-corrected chi connectivity index (χ4v) is 3.48. The molecule has 0 saturated carbocycles. The number of hydrogen-bond donors (Lipinski definition) is 1. The molecule has 1 aromatic carbocycles. The molecule has 1 amide bonds. The third-order valence-electron chi connectivity index (χ3n) is 4.73. The first-order valence-electron chi connectivity index (χ1n) is 9.59. The van der Waals surface area contributed by atoms with Crippen molar-refractivity contribution in [1.29, 1.82) is 0 Å². The largest absolute Gasteiger partial charge is 0.508 e. The molecule has 1 aliphatic heterocycles. The number of rotatable bonds is 3. The first kappa shape index (κ1) is 20.2. The lowest BCUT2D eigenvalue weighted by molar-refractivity contribution is 0.0139. The molecule has 2 heterocycles. The van der Waals surface area contributed by atoms with Gasteiger partial charge in [-0.25, -0.2) is 4.79 Å². The summed E-state index contributed by atoms with van der Waals surface area (Å²) in [7, 11) is 0. The Bertz CT molecular complexity index is 826. The van der Waals surface area contributed by atoms with Crippen LogP contribution in [0.4, 0.5) is 4.79 Å². The predicted octanol–water partition coefficient (Wildman–Crippen LogP) is 3.72. The zero-order chi connectivity index (χ0) is 20.5. The maximum absolute atomic E-state index is 12.2. The summed E-state index contributed by atoms with van der Waals surface area (Å²) in [5.41, 5.74) is 3.16. The summed E-state index contributed by atoms with van der Waals surface area (Å²) in [6, 6.07) is 5.57. The first-order valence-corrected chi connectivity index (χ1v) is 9.59. The maximum atomic E-state index is 12.2. The van der Waals surface area contributed by atoms with Crippen LogP contribution in [0.3, 0.4) is 0 Å². The lowest BCUT2D eigenvalue weighted by Crippen LogP contribution is -2.49. The molecule has 2 aromatic rings. The lowest BCUT2D eigenvalue weighted by atomic mass is 10.0. The minimum atomic E-state index is -0.482. The van der Waals surface area contributed by atoms with Gasteiger partial charge in [0.25, 0.3) is 0 Å². The standard InChI is InChI=1S/C21H29N3O4/c1-14-19(15(2)28-22-14)17-10-16(11-18(25)12-17)13-23-6-8-24(9-7-23)20(26)27-21(3,4)5/h10-12,25H,6-9,13H2,1-5H3. The summed E-state index contributed by atoms with van der Waals surface area (Å²) >= 11 is 0. The SMILES string of the molecule is Cc1noc(C)c1-c1cc(O)cc(CN2CCN(C(=O)OC(C)(C)C)CC2)c1. The highest BCUT2D eigenvalue weighted by atomic mass is 16.6. The van der Waals surface area contributed by atoms with Crippen LogP contribution in [0, 0.1) is 13.8 Å². The van der Waals surface area contributed by atoms with Crippen molar-refractivity contribution < 1.29 is 19.2 Å². The summed E-state index contributed by atoms with van der Waals surface area (Å²) in [5, 5.41) is 14.2. The maximum Gasteiger partial charge on any atom is 0.410 e. The number of carbonyl (C=O) groups excluding carboxylic acids is 1. The fraction of sp³-hybridized carbons (Fsp3) is 0.524. The summed E-state index contributed by atoms with van der Waals surface area (Å²) < 4.78 is 10.7. The Morgan fingerprint density at radius 2 is 1.86 bits per heavy atom. The third kappa shape index (κ3) is 4.84. The Kier molecular flexibility index (Phi) is 5.65. The Labute approximate surface area is 165 Å². The van der Waals surface area contributed by atoms with Crippen LogP contribution in [-0.4, -0.2) is 57.9 Å². The van der Waals surface area contributed by atoms with Crippen LogP contribution in [0.15, 0.2) is 22.7 Å². The average Bonchev–Trinajstić information content (AvgIpc) is 2.92. The first-order chi connectivity index (χ1) is 13.1. The van der Waals surface area contributed by atoms with Crippen LogP contribution >= 0.6 is 0 Å². The number of hydrogen-bond acceptors (Lipinski definition) is 6. The van der Waals surface area contributed by atoms with Gasteiger partial charge in [0.15, 0.2) is 0 Å². The van der Waals surface area contributed by atoms with Gasteiger partial charge in [0.1, 0.15) is 17.1 Å². The molecule has 3 rings (SSSR count). The number of aryl methyl sites for hydroxylation is 2. The van der Waals surface area contributed by atoms with Crippen molar-refractivity contribution in [2.24, 2.45) is 0 Å². The highest BCUT2D eigenvalue weighted by Crippen LogP contribution is 2.31. The van der Waals surface area contributed by atoms with Gasteiger partial charge in [-0.05, 0) is 63.9 Å². The van der Waals surface area contributed by atoms with Crippen molar-refractivity contribution in [3.63, 3.8) is 0 Å². The molecule has 1 saturated heterocycles. The molecule has 0 aliphatic carbocycles. The second-order valence-electron chi connectivity index (χ2n) is 8.33. The number of nitrogens with zero attached hydrogens (tertiary/aromatic N) is 3. The van der Waals surface area contributed by atoms with Crippen LogP contribution in [0.2, 0.25) is 0 Å². The molecule has 7 nitrogen and oxygen atoms in total. The van der Waals surface area contributed by atoms with Crippen molar-refractivity contribution in [1.82, 2.24) is 15.0 Å². The Morgan fingerprint density at radius 1 is 1.18 bits per heavy atom. The molecule has 152 valence electrons. The monoisotopic (exact) mass is 387 g/mol. The lowest BCUT2D eigenvalue weighted by Gasteiger charge is -2.35. The number of phenolic OH excluding ortho intramolecular Hbond substituents is 1. The molecule has 0 unspecified atom stereocenters. The number of benzene rings is 1. The van der Waals surface area contributed by atoms with Crippen molar-refractivity contribution in [3.05, 3.63) is 35.2 Å². The molecule has 0 bridgehead atoms. The molecule has 0 atom stereocenters. The highest BCUT2D eigenvalue weighted by Gasteiger charge is 2.26. The van der Waals surface area contributed by atoms with Gasteiger partial charge in [0, 0.05) is 38.3 Å². The van der Waals surface area contributed by atoms with Crippen molar-refractivity contribution >= 4 is 6.09 Å². The van der Waals surface area contributed by atoms with Gasteiger partial charge in [0.05, 0.1) is 5.69 Å². The van der Waals surface area contributed by atoms with E-state index in [1.165, 1.54) is 0 Å². The quantitative estimate of drug-likeness (QED) is 0.865. The summed E-state index contributed by atoms with van der Waals surface area (Å²) in [6.45, 7) is 12.9. The van der Waals surface area contributed by atoms with Crippen molar-refractivity contribution in [2.75, 3.05) is 26.2 Å². The summed E-state index contributed by atoms with van der Waals surface area (Å²) in [6.07, 6.45) is -0.259. The van der Waals surface area contributed by atoms with E-state index in [4.69, 9.17) is 9.26 Å². The molecule has 1 N–H and O–H groups in total. The van der Waals surface area contributed by atoms with Crippen LogP contribution in [0.25, 0.3) is 11.1 Å². The smallest absolute Gasteiger partial charge is 0.410 e. The van der Waals surface area contributed by atoms with Gasteiger partial charge in [-0.15, -0.1) is 0 Å². The average molecular weight is 387 g/mol. The number of carbonyl (C=O) groups is 1. The van der Waals surface area contributed by atoms with E-state index in [2.05, 4.69) is 16.1 Å². The molecule has 28 heavy (non-hydrogen) atoms. The van der Waals surface area contributed by atoms with E-state index in [0.29, 0.717) is 19.6 Å². The van der Waals surface area contributed by atoms with Gasteiger partial charge in [-0.1, -0.05) is 5.16 Å². The Balaban J connectivity index is 1.65. The molecule has 1 aliphatic rings. The Morgan fingerprint density at radius 3 is 2.43 bits per heavy atom. The van der Waals surface area contributed by atoms with Crippen LogP contribution in [-0.2, 0) is 11.3 Å². The number of aromatic hydroxyl groups is 1. The van der Waals surface area contributed by atoms with Crippen molar-refractivity contribution in [3.8, 4) is 16.9 Å². The van der Waals surface area contributed by atoms with E-state index >= 15 is 0 Å². The molecule has 0 radical (unpaired) electrons. The van der Waals surface area contributed by atoms with Crippen LogP contribution in [0.5, 0.6) is 5.75 Å². The molecule has 0 spiro atoms. The second kappa shape index (κ2) is 7.83. The van der Waals surface area contributed by atoms with Gasteiger partial charge >= 0.3 is 6.09 Å². The topological polar surface area (TPSA) is 79.0 Å². The molecular formula is C21H29N3O4. The van der Waals surface area contributed by atoms with Gasteiger partial charge in [-0.2, -0.15) is 0 Å². The zero-order valence-electron chi connectivity index (χ0n) is 17.3. The zero-order valence-corrected chi connectivity index (χ0v) is 17.3. The minimum absolute atomic E-state index is 0.222. The third-order valence-corrected chi connectivity index (χ3v) is 4.73. The second-order valence-corrected chi connectivity index (χ2v) is 8.33. The number of ether oxygens (including phenoxy) is 1. The number of piperazine rings is 1. The number of amides is 1. The van der Waals surface area contributed by atoms with E-state index in [1.54, 1.807) is 17.0 Å².